The number of hydrogen-bond donors (Lipinski definition) is 1. The summed E-state index contributed by atoms with van der Waals surface area (Å²) in [6.45, 7) is 0.633. The van der Waals surface area contributed by atoms with Crippen LogP contribution in [0, 0.1) is 0 Å². The molecule has 0 N–H and O–H groups in total. The summed E-state index contributed by atoms with van der Waals surface area (Å²) in [7, 11) is 0. The van der Waals surface area contributed by atoms with Crippen LogP contribution in [-0.4, -0.2) is 5.94 Å². The third kappa shape index (κ3) is 2.08. The van der Waals surface area contributed by atoms with Crippen molar-refractivity contribution in [2.75, 3.05) is 5.94 Å². The SMILES string of the molecule is SCOCc1ccc2ccccc2c1. The average molecular weight is 204 g/mol. The molecule has 2 aromatic carbocycles. The van der Waals surface area contributed by atoms with E-state index in [2.05, 4.69) is 43.0 Å². The van der Waals surface area contributed by atoms with Gasteiger partial charge in [-0.3, -0.25) is 0 Å². The second-order valence-corrected chi connectivity index (χ2v) is 3.42. The fourth-order valence-corrected chi connectivity index (χ4v) is 1.58. The van der Waals surface area contributed by atoms with E-state index in [0.29, 0.717) is 12.5 Å². The van der Waals surface area contributed by atoms with Gasteiger partial charge < -0.3 is 4.74 Å². The van der Waals surface area contributed by atoms with Gasteiger partial charge in [-0.15, -0.1) is 0 Å². The molecule has 0 spiro atoms. The summed E-state index contributed by atoms with van der Waals surface area (Å²) in [4.78, 5) is 0. The zero-order valence-electron chi connectivity index (χ0n) is 7.81. The molecule has 0 fully saturated rings. The third-order valence-corrected chi connectivity index (χ3v) is 2.36. The molecule has 0 saturated heterocycles. The first-order valence-electron chi connectivity index (χ1n) is 4.56. The first kappa shape index (κ1) is 9.56. The summed E-state index contributed by atoms with van der Waals surface area (Å²) in [6.07, 6.45) is 0. The number of rotatable bonds is 3. The second-order valence-electron chi connectivity index (χ2n) is 3.16. The van der Waals surface area contributed by atoms with E-state index in [1.165, 1.54) is 16.3 Å². The van der Waals surface area contributed by atoms with E-state index in [1.54, 1.807) is 0 Å². The highest BCUT2D eigenvalue weighted by molar-refractivity contribution is 7.80. The molecule has 0 bridgehead atoms. The van der Waals surface area contributed by atoms with Crippen LogP contribution in [0.1, 0.15) is 5.56 Å². The molecular weight excluding hydrogens is 192 g/mol. The van der Waals surface area contributed by atoms with Gasteiger partial charge in [0.05, 0.1) is 12.5 Å². The molecule has 2 rings (SSSR count). The lowest BCUT2D eigenvalue weighted by Gasteiger charge is -2.03. The van der Waals surface area contributed by atoms with Crippen molar-refractivity contribution in [1.82, 2.24) is 0 Å². The third-order valence-electron chi connectivity index (χ3n) is 2.17. The van der Waals surface area contributed by atoms with Crippen molar-refractivity contribution in [3.05, 3.63) is 48.0 Å². The minimum atomic E-state index is 0.465. The van der Waals surface area contributed by atoms with E-state index < -0.39 is 0 Å². The van der Waals surface area contributed by atoms with Crippen LogP contribution in [0.2, 0.25) is 0 Å². The molecule has 0 amide bonds. The van der Waals surface area contributed by atoms with Gasteiger partial charge in [0.1, 0.15) is 0 Å². The van der Waals surface area contributed by atoms with Crippen LogP contribution < -0.4 is 0 Å². The topological polar surface area (TPSA) is 9.23 Å². The Bertz CT molecular complexity index is 425. The Kier molecular flexibility index (Phi) is 3.07. The Hall–Kier alpha value is -0.990. The fraction of sp³-hybridized carbons (Fsp3) is 0.167. The van der Waals surface area contributed by atoms with Crippen LogP contribution >= 0.6 is 12.6 Å². The van der Waals surface area contributed by atoms with Gasteiger partial charge >= 0.3 is 0 Å². The molecule has 0 atom stereocenters. The number of ether oxygens (including phenoxy) is 1. The Morgan fingerprint density at radius 3 is 2.57 bits per heavy atom. The Balaban J connectivity index is 2.32. The molecule has 0 aliphatic heterocycles. The minimum absolute atomic E-state index is 0.465. The van der Waals surface area contributed by atoms with E-state index in [4.69, 9.17) is 4.74 Å². The largest absolute Gasteiger partial charge is 0.366 e. The standard InChI is InChI=1S/C12H12OS/c14-9-13-8-10-5-6-11-3-1-2-4-12(11)7-10/h1-7,14H,8-9H2. The summed E-state index contributed by atoms with van der Waals surface area (Å²) in [5.74, 6) is 0.465. The van der Waals surface area contributed by atoms with Crippen molar-refractivity contribution < 1.29 is 4.74 Å². The van der Waals surface area contributed by atoms with Crippen LogP contribution in [0.5, 0.6) is 0 Å². The molecule has 0 aromatic heterocycles. The summed E-state index contributed by atoms with van der Waals surface area (Å²) >= 11 is 4.00. The molecule has 1 nitrogen and oxygen atoms in total. The van der Waals surface area contributed by atoms with Crippen LogP contribution in [0.4, 0.5) is 0 Å². The van der Waals surface area contributed by atoms with Crippen LogP contribution in [0.3, 0.4) is 0 Å². The maximum absolute atomic E-state index is 5.23. The van der Waals surface area contributed by atoms with Gasteiger partial charge in [-0.2, -0.15) is 12.6 Å². The zero-order valence-corrected chi connectivity index (χ0v) is 8.71. The molecule has 0 heterocycles. The van der Waals surface area contributed by atoms with Gasteiger partial charge in [0, 0.05) is 0 Å². The lowest BCUT2D eigenvalue weighted by Crippen LogP contribution is -1.89. The van der Waals surface area contributed by atoms with Crippen molar-refractivity contribution in [3.63, 3.8) is 0 Å². The number of hydrogen-bond acceptors (Lipinski definition) is 2. The second kappa shape index (κ2) is 4.49. The lowest BCUT2D eigenvalue weighted by atomic mass is 10.1. The fourth-order valence-electron chi connectivity index (χ4n) is 1.49. The highest BCUT2D eigenvalue weighted by Crippen LogP contribution is 2.16. The summed E-state index contributed by atoms with van der Waals surface area (Å²) in [5, 5.41) is 2.52. The smallest absolute Gasteiger partial charge is 0.0897 e. The first-order chi connectivity index (χ1) is 6.90. The van der Waals surface area contributed by atoms with Crippen LogP contribution in [-0.2, 0) is 11.3 Å². The molecule has 2 heteroatoms. The molecule has 0 radical (unpaired) electrons. The van der Waals surface area contributed by atoms with E-state index in [1.807, 2.05) is 12.1 Å². The van der Waals surface area contributed by atoms with Crippen LogP contribution in [0.25, 0.3) is 10.8 Å². The Morgan fingerprint density at radius 2 is 1.79 bits per heavy atom. The number of fused-ring (bicyclic) bond motifs is 1. The molecular formula is C12H12OS. The predicted octanol–water partition coefficient (Wildman–Crippen LogP) is 3.24. The number of benzene rings is 2. The van der Waals surface area contributed by atoms with Gasteiger partial charge in [0.25, 0.3) is 0 Å². The van der Waals surface area contributed by atoms with Gasteiger partial charge in [-0.25, -0.2) is 0 Å². The molecule has 0 unspecified atom stereocenters. The van der Waals surface area contributed by atoms with E-state index in [9.17, 15) is 0 Å². The highest BCUT2D eigenvalue weighted by atomic mass is 32.1. The van der Waals surface area contributed by atoms with Crippen molar-refractivity contribution >= 4 is 23.4 Å². The van der Waals surface area contributed by atoms with E-state index >= 15 is 0 Å². The molecule has 14 heavy (non-hydrogen) atoms. The van der Waals surface area contributed by atoms with Gasteiger partial charge in [-0.1, -0.05) is 36.4 Å². The maximum atomic E-state index is 5.23. The normalized spacial score (nSPS) is 10.6. The first-order valence-corrected chi connectivity index (χ1v) is 5.19. The van der Waals surface area contributed by atoms with E-state index in [0.717, 1.165) is 0 Å². The molecule has 0 saturated carbocycles. The van der Waals surface area contributed by atoms with Crippen molar-refractivity contribution in [3.8, 4) is 0 Å². The maximum Gasteiger partial charge on any atom is 0.0897 e. The molecule has 72 valence electrons. The minimum Gasteiger partial charge on any atom is -0.366 e. The highest BCUT2D eigenvalue weighted by Gasteiger charge is 1.95. The molecule has 2 aromatic rings. The predicted molar refractivity (Wildman–Crippen MR) is 62.6 cm³/mol. The summed E-state index contributed by atoms with van der Waals surface area (Å²) in [5.41, 5.74) is 1.19. The van der Waals surface area contributed by atoms with Gasteiger partial charge in [-0.05, 0) is 22.4 Å². The quantitative estimate of drug-likeness (QED) is 0.596. The zero-order chi connectivity index (χ0) is 9.80. The molecule has 0 aliphatic carbocycles. The Labute approximate surface area is 89.1 Å². The molecule has 0 aliphatic rings. The van der Waals surface area contributed by atoms with Crippen LogP contribution in [0.15, 0.2) is 42.5 Å². The lowest BCUT2D eigenvalue weighted by molar-refractivity contribution is 0.170. The van der Waals surface area contributed by atoms with Gasteiger partial charge in [0.2, 0.25) is 0 Å². The van der Waals surface area contributed by atoms with Crippen molar-refractivity contribution in [2.24, 2.45) is 0 Å². The monoisotopic (exact) mass is 204 g/mol. The van der Waals surface area contributed by atoms with Gasteiger partial charge in [0.15, 0.2) is 0 Å². The Morgan fingerprint density at radius 1 is 1.00 bits per heavy atom. The van der Waals surface area contributed by atoms with Crippen molar-refractivity contribution in [2.45, 2.75) is 6.61 Å². The van der Waals surface area contributed by atoms with E-state index in [-0.39, 0.29) is 0 Å². The van der Waals surface area contributed by atoms with Crippen molar-refractivity contribution in [1.29, 1.82) is 0 Å². The number of thiol groups is 1. The summed E-state index contributed by atoms with van der Waals surface area (Å²) in [6, 6.07) is 14.7. The average Bonchev–Trinajstić information content (AvgIpc) is 2.26. The summed E-state index contributed by atoms with van der Waals surface area (Å²) < 4.78 is 5.23.